The minimum Gasteiger partial charge on any atom is -0.496 e. The van der Waals surface area contributed by atoms with Crippen LogP contribution in [0.15, 0.2) is 59.8 Å². The van der Waals surface area contributed by atoms with Crippen LogP contribution in [-0.4, -0.2) is 38.3 Å². The van der Waals surface area contributed by atoms with Crippen LogP contribution < -0.4 is 14.2 Å². The van der Waals surface area contributed by atoms with E-state index in [0.29, 0.717) is 6.54 Å². The summed E-state index contributed by atoms with van der Waals surface area (Å²) in [5, 5.41) is 4.15. The molecule has 0 spiro atoms. The van der Waals surface area contributed by atoms with Gasteiger partial charge in [-0.15, -0.1) is 0 Å². The summed E-state index contributed by atoms with van der Waals surface area (Å²) in [4.78, 5) is 12.7. The van der Waals surface area contributed by atoms with Crippen molar-refractivity contribution in [3.8, 4) is 11.5 Å². The molecule has 8 nitrogen and oxygen atoms in total. The molecule has 0 saturated carbocycles. The summed E-state index contributed by atoms with van der Waals surface area (Å²) >= 11 is 0. The van der Waals surface area contributed by atoms with Crippen molar-refractivity contribution in [1.29, 1.82) is 0 Å². The molecule has 0 fully saturated rings. The summed E-state index contributed by atoms with van der Waals surface area (Å²) in [7, 11) is -1.37. The highest BCUT2D eigenvalue weighted by atomic mass is 32.2. The van der Waals surface area contributed by atoms with Crippen LogP contribution in [0.25, 0.3) is 0 Å². The second-order valence-electron chi connectivity index (χ2n) is 8.29. The molecule has 0 aliphatic carbocycles. The van der Waals surface area contributed by atoms with Crippen molar-refractivity contribution in [3.63, 3.8) is 0 Å². The summed E-state index contributed by atoms with van der Waals surface area (Å²) in [5.41, 5.74) is 1.67. The van der Waals surface area contributed by atoms with Gasteiger partial charge >= 0.3 is 0 Å². The van der Waals surface area contributed by atoms with E-state index in [1.165, 1.54) is 26.4 Å². The van der Waals surface area contributed by atoms with E-state index in [1.807, 2.05) is 33.0 Å². The minimum atomic E-state index is -4.18. The molecule has 1 N–H and O–H groups in total. The third kappa shape index (κ3) is 5.11. The molecule has 0 radical (unpaired) electrons. The molecular weight excluding hydrogens is 430 g/mol. The van der Waals surface area contributed by atoms with Gasteiger partial charge in [-0.3, -0.25) is 9.48 Å². The fourth-order valence-electron chi connectivity index (χ4n) is 3.19. The summed E-state index contributed by atoms with van der Waals surface area (Å²) in [6, 6.07) is 11.6. The number of amides is 1. The SMILES string of the molecule is COc1cc(Cn2cccn2)ccc1C(=O)NS(=O)(=O)c1ccc(C(C)(C)C)cc1OC. The largest absolute Gasteiger partial charge is 0.496 e. The predicted molar refractivity (Wildman–Crippen MR) is 121 cm³/mol. The van der Waals surface area contributed by atoms with E-state index in [0.717, 1.165) is 11.1 Å². The maximum Gasteiger partial charge on any atom is 0.268 e. The topological polar surface area (TPSA) is 99.5 Å². The Bertz CT molecular complexity index is 1210. The number of nitrogens with one attached hydrogen (secondary N) is 1. The van der Waals surface area contributed by atoms with Crippen LogP contribution >= 0.6 is 0 Å². The van der Waals surface area contributed by atoms with E-state index in [4.69, 9.17) is 9.47 Å². The quantitative estimate of drug-likeness (QED) is 0.584. The van der Waals surface area contributed by atoms with Gasteiger partial charge in [0.15, 0.2) is 0 Å². The van der Waals surface area contributed by atoms with Gasteiger partial charge in [0, 0.05) is 12.4 Å². The number of benzene rings is 2. The van der Waals surface area contributed by atoms with E-state index in [1.54, 1.807) is 35.1 Å². The first-order valence-corrected chi connectivity index (χ1v) is 11.4. The highest BCUT2D eigenvalue weighted by Gasteiger charge is 2.26. The zero-order valence-electron chi connectivity index (χ0n) is 18.7. The summed E-state index contributed by atoms with van der Waals surface area (Å²) in [6.45, 7) is 6.53. The fourth-order valence-corrected chi connectivity index (χ4v) is 4.31. The third-order valence-corrected chi connectivity index (χ3v) is 6.33. The fraction of sp³-hybridized carbons (Fsp3) is 0.304. The lowest BCUT2D eigenvalue weighted by molar-refractivity contribution is 0.0978. The van der Waals surface area contributed by atoms with Crippen molar-refractivity contribution in [2.24, 2.45) is 0 Å². The lowest BCUT2D eigenvalue weighted by Crippen LogP contribution is -2.31. The molecule has 170 valence electrons. The molecule has 9 heteroatoms. The van der Waals surface area contributed by atoms with Gasteiger partial charge in [0.25, 0.3) is 15.9 Å². The van der Waals surface area contributed by atoms with Gasteiger partial charge in [0.05, 0.1) is 26.3 Å². The van der Waals surface area contributed by atoms with E-state index in [-0.39, 0.29) is 27.4 Å². The maximum atomic E-state index is 13.0. The summed E-state index contributed by atoms with van der Waals surface area (Å²) in [5.74, 6) is -0.369. The molecular formula is C23H27N3O5S. The number of nitrogens with zero attached hydrogens (tertiary/aromatic N) is 2. The molecule has 1 heterocycles. The average Bonchev–Trinajstić information content (AvgIpc) is 3.25. The lowest BCUT2D eigenvalue weighted by atomic mass is 9.87. The van der Waals surface area contributed by atoms with Crippen molar-refractivity contribution in [1.82, 2.24) is 14.5 Å². The van der Waals surface area contributed by atoms with Gasteiger partial charge in [0.2, 0.25) is 0 Å². The van der Waals surface area contributed by atoms with Gasteiger partial charge in [-0.05, 0) is 46.9 Å². The first-order valence-electron chi connectivity index (χ1n) is 9.95. The standard InChI is InChI=1S/C23H27N3O5S/c1-23(2,3)17-8-10-21(20(14-17)31-5)32(28,29)25-22(27)18-9-7-16(13-19(18)30-4)15-26-12-6-11-24-26/h6-14H,15H2,1-5H3,(H,25,27). The number of rotatable bonds is 7. The first-order chi connectivity index (χ1) is 15.0. The maximum absolute atomic E-state index is 13.0. The first kappa shape index (κ1) is 23.3. The van der Waals surface area contributed by atoms with Crippen LogP contribution in [0.4, 0.5) is 0 Å². The average molecular weight is 458 g/mol. The van der Waals surface area contributed by atoms with Crippen molar-refractivity contribution in [2.75, 3.05) is 14.2 Å². The molecule has 1 amide bonds. The van der Waals surface area contributed by atoms with Crippen molar-refractivity contribution < 1.29 is 22.7 Å². The molecule has 0 aliphatic heterocycles. The third-order valence-electron chi connectivity index (χ3n) is 4.96. The Morgan fingerprint density at radius 3 is 2.38 bits per heavy atom. The van der Waals surface area contributed by atoms with Crippen LogP contribution in [0.5, 0.6) is 11.5 Å². The minimum absolute atomic E-state index is 0.102. The number of aromatic nitrogens is 2. The zero-order chi connectivity index (χ0) is 23.5. The summed E-state index contributed by atoms with van der Waals surface area (Å²) in [6.07, 6.45) is 3.49. The van der Waals surface area contributed by atoms with E-state index < -0.39 is 15.9 Å². The molecule has 0 saturated heterocycles. The molecule has 0 atom stereocenters. The molecule has 32 heavy (non-hydrogen) atoms. The van der Waals surface area contributed by atoms with Crippen molar-refractivity contribution in [2.45, 2.75) is 37.6 Å². The van der Waals surface area contributed by atoms with Gasteiger partial charge in [-0.2, -0.15) is 5.10 Å². The van der Waals surface area contributed by atoms with E-state index >= 15 is 0 Å². The Labute approximate surface area is 188 Å². The van der Waals surface area contributed by atoms with Gasteiger partial charge in [-0.25, -0.2) is 13.1 Å². The number of methoxy groups -OCH3 is 2. The highest BCUT2D eigenvalue weighted by Crippen LogP contribution is 2.31. The number of sulfonamides is 1. The number of hydrogen-bond acceptors (Lipinski definition) is 6. The van der Waals surface area contributed by atoms with Crippen LogP contribution in [0.1, 0.15) is 42.3 Å². The Morgan fingerprint density at radius 2 is 1.78 bits per heavy atom. The number of ether oxygens (including phenoxy) is 2. The monoisotopic (exact) mass is 457 g/mol. The predicted octanol–water partition coefficient (Wildman–Crippen LogP) is 3.36. The van der Waals surface area contributed by atoms with Gasteiger partial charge in [-0.1, -0.05) is 32.9 Å². The Kier molecular flexibility index (Phi) is 6.59. The molecule has 0 bridgehead atoms. The van der Waals surface area contributed by atoms with E-state index in [9.17, 15) is 13.2 Å². The highest BCUT2D eigenvalue weighted by molar-refractivity contribution is 7.90. The zero-order valence-corrected chi connectivity index (χ0v) is 19.6. The van der Waals surface area contributed by atoms with Crippen LogP contribution in [0.2, 0.25) is 0 Å². The summed E-state index contributed by atoms with van der Waals surface area (Å²) < 4.78 is 40.4. The van der Waals surface area contributed by atoms with E-state index in [2.05, 4.69) is 9.82 Å². The molecule has 3 aromatic rings. The Hall–Kier alpha value is -3.33. The van der Waals surface area contributed by atoms with Gasteiger partial charge in [0.1, 0.15) is 16.4 Å². The second kappa shape index (κ2) is 9.04. The van der Waals surface area contributed by atoms with Crippen LogP contribution in [0, 0.1) is 0 Å². The number of carbonyl (C=O) groups is 1. The lowest BCUT2D eigenvalue weighted by Gasteiger charge is -2.21. The smallest absolute Gasteiger partial charge is 0.268 e. The van der Waals surface area contributed by atoms with Crippen molar-refractivity contribution >= 4 is 15.9 Å². The Balaban J connectivity index is 1.87. The number of hydrogen-bond donors (Lipinski definition) is 1. The van der Waals surface area contributed by atoms with Gasteiger partial charge < -0.3 is 9.47 Å². The number of carbonyl (C=O) groups excluding carboxylic acids is 1. The Morgan fingerprint density at radius 1 is 1.06 bits per heavy atom. The molecule has 3 rings (SSSR count). The van der Waals surface area contributed by atoms with Crippen LogP contribution in [0.3, 0.4) is 0 Å². The molecule has 0 unspecified atom stereocenters. The molecule has 0 aliphatic rings. The van der Waals surface area contributed by atoms with Crippen LogP contribution in [-0.2, 0) is 22.0 Å². The molecule has 2 aromatic carbocycles. The van der Waals surface area contributed by atoms with Crippen molar-refractivity contribution in [3.05, 3.63) is 71.5 Å². The molecule has 1 aromatic heterocycles. The second-order valence-corrected chi connectivity index (χ2v) is 9.94. The normalized spacial score (nSPS) is 11.8.